The van der Waals surface area contributed by atoms with Gasteiger partial charge in [0.2, 0.25) is 0 Å². The molecule has 194 valence electrons. The normalized spacial score (nSPS) is 10.5. The van der Waals surface area contributed by atoms with Gasteiger partial charge in [0, 0.05) is 10.9 Å². The van der Waals surface area contributed by atoms with Crippen LogP contribution >= 0.6 is 0 Å². The minimum Gasteiger partial charge on any atom is -0.493 e. The summed E-state index contributed by atoms with van der Waals surface area (Å²) in [7, 11) is 2.17. The van der Waals surface area contributed by atoms with Crippen LogP contribution in [0.5, 0.6) is 5.75 Å². The molecule has 0 aliphatic carbocycles. The van der Waals surface area contributed by atoms with Gasteiger partial charge < -0.3 is 9.64 Å². The third-order valence-electron chi connectivity index (χ3n) is 5.51. The quantitative estimate of drug-likeness (QED) is 0.272. The third-order valence-corrected chi connectivity index (χ3v) is 5.51. The van der Waals surface area contributed by atoms with Crippen molar-refractivity contribution in [2.45, 2.75) is 54.4 Å². The van der Waals surface area contributed by atoms with Gasteiger partial charge in [-0.15, -0.1) is 0 Å². The minimum absolute atomic E-state index is 0.358. The number of benzene rings is 2. The molecule has 0 atom stereocenters. The number of ether oxygens (including phenoxy) is 1. The standard InChI is InChI=1S/C21H18FN3O.C7H17N.C2H6/c1-3-26-19-6-4-5-16(22)20(19)17-11-15-18(12-23-17)24-25-21(15)14-9-7-13(2)8-10-14;1-4-6-8(3)7-5-2;1-2/h4-12H,3H2,1-2H3,(H,24,25);4-7H2,1-3H3;1-2H3. The fourth-order valence-electron chi connectivity index (χ4n) is 3.89. The van der Waals surface area contributed by atoms with E-state index in [9.17, 15) is 4.39 Å². The molecule has 0 spiro atoms. The molecule has 6 heteroatoms. The maximum absolute atomic E-state index is 14.5. The van der Waals surface area contributed by atoms with Crippen LogP contribution in [0.2, 0.25) is 0 Å². The molecule has 36 heavy (non-hydrogen) atoms. The number of aromatic amines is 1. The second-order valence-corrected chi connectivity index (χ2v) is 8.40. The van der Waals surface area contributed by atoms with Crippen molar-refractivity contribution in [1.82, 2.24) is 20.1 Å². The fraction of sp³-hybridized carbons (Fsp3) is 0.400. The Balaban J connectivity index is 0.000000392. The molecule has 0 saturated heterocycles. The number of nitrogens with one attached hydrogen (secondary N) is 1. The summed E-state index contributed by atoms with van der Waals surface area (Å²) in [4.78, 5) is 6.77. The van der Waals surface area contributed by atoms with Crippen molar-refractivity contribution in [2.75, 3.05) is 26.7 Å². The predicted octanol–water partition coefficient (Wildman–Crippen LogP) is 7.90. The van der Waals surface area contributed by atoms with Crippen molar-refractivity contribution in [1.29, 1.82) is 0 Å². The zero-order valence-electron chi connectivity index (χ0n) is 22.9. The van der Waals surface area contributed by atoms with Crippen LogP contribution in [0.25, 0.3) is 33.4 Å². The van der Waals surface area contributed by atoms with E-state index in [1.54, 1.807) is 18.3 Å². The van der Waals surface area contributed by atoms with E-state index < -0.39 is 0 Å². The van der Waals surface area contributed by atoms with Crippen LogP contribution in [0.1, 0.15) is 53.0 Å². The average Bonchev–Trinajstić information content (AvgIpc) is 3.30. The molecular weight excluding hydrogens is 451 g/mol. The molecule has 0 amide bonds. The van der Waals surface area contributed by atoms with Crippen molar-refractivity contribution < 1.29 is 9.13 Å². The zero-order valence-corrected chi connectivity index (χ0v) is 22.9. The van der Waals surface area contributed by atoms with Crippen molar-refractivity contribution in [3.05, 3.63) is 66.1 Å². The van der Waals surface area contributed by atoms with Crippen LogP contribution in [-0.2, 0) is 0 Å². The number of nitrogens with zero attached hydrogens (tertiary/aromatic N) is 3. The number of aryl methyl sites for hydroxylation is 1. The molecule has 4 rings (SSSR count). The molecule has 2 aromatic heterocycles. The van der Waals surface area contributed by atoms with Gasteiger partial charge in [0.1, 0.15) is 17.3 Å². The molecule has 0 radical (unpaired) electrons. The Hall–Kier alpha value is -3.25. The topological polar surface area (TPSA) is 54.0 Å². The molecule has 0 bridgehead atoms. The summed E-state index contributed by atoms with van der Waals surface area (Å²) < 4.78 is 20.1. The highest BCUT2D eigenvalue weighted by Crippen LogP contribution is 2.34. The van der Waals surface area contributed by atoms with Crippen LogP contribution in [-0.4, -0.2) is 46.8 Å². The number of pyridine rings is 1. The second-order valence-electron chi connectivity index (χ2n) is 8.40. The van der Waals surface area contributed by atoms with Gasteiger partial charge in [-0.05, 0) is 65.0 Å². The van der Waals surface area contributed by atoms with E-state index in [1.807, 2.05) is 58.0 Å². The van der Waals surface area contributed by atoms with Crippen molar-refractivity contribution in [3.63, 3.8) is 0 Å². The average molecular weight is 493 g/mol. The SMILES string of the molecule is CC.CCCN(C)CCC.CCOc1cccc(F)c1-c1cc2c(-c3ccc(C)cc3)n[nH]c2cn1. The molecule has 0 fully saturated rings. The fourth-order valence-corrected chi connectivity index (χ4v) is 3.89. The Bertz CT molecular complexity index is 1180. The van der Waals surface area contributed by atoms with E-state index in [0.717, 1.165) is 22.2 Å². The van der Waals surface area contributed by atoms with Gasteiger partial charge in [0.05, 0.1) is 29.6 Å². The van der Waals surface area contributed by atoms with Gasteiger partial charge in [-0.25, -0.2) is 4.39 Å². The highest BCUT2D eigenvalue weighted by atomic mass is 19.1. The molecular formula is C30H41FN4O. The van der Waals surface area contributed by atoms with E-state index in [0.29, 0.717) is 23.6 Å². The number of hydrogen-bond donors (Lipinski definition) is 1. The maximum Gasteiger partial charge on any atom is 0.136 e. The molecule has 2 aromatic carbocycles. The molecule has 0 aliphatic heterocycles. The lowest BCUT2D eigenvalue weighted by Gasteiger charge is -2.12. The Kier molecular flexibility index (Phi) is 12.1. The first-order valence-corrected chi connectivity index (χ1v) is 13.0. The summed E-state index contributed by atoms with van der Waals surface area (Å²) in [5, 5.41) is 8.31. The summed E-state index contributed by atoms with van der Waals surface area (Å²) in [5.41, 5.74) is 4.69. The van der Waals surface area contributed by atoms with Crippen LogP contribution in [0.3, 0.4) is 0 Å². The molecule has 1 N–H and O–H groups in total. The second kappa shape index (κ2) is 15.0. The molecule has 5 nitrogen and oxygen atoms in total. The predicted molar refractivity (Wildman–Crippen MR) is 150 cm³/mol. The smallest absolute Gasteiger partial charge is 0.136 e. The Morgan fingerprint density at radius 3 is 2.25 bits per heavy atom. The first-order chi connectivity index (χ1) is 17.5. The number of H-pyrrole nitrogens is 1. The Morgan fingerprint density at radius 2 is 1.64 bits per heavy atom. The Labute approximate surface area is 215 Å². The molecule has 4 aromatic rings. The summed E-state index contributed by atoms with van der Waals surface area (Å²) in [6.45, 7) is 15.3. The lowest BCUT2D eigenvalue weighted by atomic mass is 10.0. The van der Waals surface area contributed by atoms with Gasteiger partial charge >= 0.3 is 0 Å². The van der Waals surface area contributed by atoms with Crippen LogP contribution in [0, 0.1) is 12.7 Å². The van der Waals surface area contributed by atoms with Crippen LogP contribution < -0.4 is 4.74 Å². The van der Waals surface area contributed by atoms with Crippen molar-refractivity contribution >= 4 is 10.9 Å². The van der Waals surface area contributed by atoms with Gasteiger partial charge in [0.25, 0.3) is 0 Å². The first-order valence-electron chi connectivity index (χ1n) is 13.0. The van der Waals surface area contributed by atoms with E-state index in [-0.39, 0.29) is 5.82 Å². The molecule has 0 saturated carbocycles. The largest absolute Gasteiger partial charge is 0.493 e. The van der Waals surface area contributed by atoms with Crippen molar-refractivity contribution in [2.24, 2.45) is 0 Å². The monoisotopic (exact) mass is 492 g/mol. The summed E-state index contributed by atoms with van der Waals surface area (Å²) in [6, 6.07) is 14.8. The molecule has 0 aliphatic rings. The summed E-state index contributed by atoms with van der Waals surface area (Å²) in [6.07, 6.45) is 4.23. The highest BCUT2D eigenvalue weighted by molar-refractivity contribution is 5.94. The number of fused-ring (bicyclic) bond motifs is 1. The Morgan fingerprint density at radius 1 is 0.972 bits per heavy atom. The minimum atomic E-state index is -0.358. The van der Waals surface area contributed by atoms with Gasteiger partial charge in [0.15, 0.2) is 0 Å². The van der Waals surface area contributed by atoms with Gasteiger partial charge in [-0.2, -0.15) is 5.10 Å². The van der Waals surface area contributed by atoms with Gasteiger partial charge in [-0.1, -0.05) is 63.6 Å². The third kappa shape index (κ3) is 7.62. The number of halogens is 1. The summed E-state index contributed by atoms with van der Waals surface area (Å²) >= 11 is 0. The van der Waals surface area contributed by atoms with Crippen LogP contribution in [0.15, 0.2) is 54.7 Å². The van der Waals surface area contributed by atoms with E-state index >= 15 is 0 Å². The maximum atomic E-state index is 14.5. The van der Waals surface area contributed by atoms with E-state index in [2.05, 4.69) is 41.0 Å². The molecule has 2 heterocycles. The number of aromatic nitrogens is 3. The zero-order chi connectivity index (χ0) is 26.5. The van der Waals surface area contributed by atoms with E-state index in [4.69, 9.17) is 4.74 Å². The lowest BCUT2D eigenvalue weighted by Crippen LogP contribution is -2.19. The summed E-state index contributed by atoms with van der Waals surface area (Å²) in [5.74, 6) is 0.128. The number of rotatable bonds is 8. The van der Waals surface area contributed by atoms with Gasteiger partial charge in [-0.3, -0.25) is 10.1 Å². The van der Waals surface area contributed by atoms with E-state index in [1.165, 1.54) is 37.6 Å². The molecule has 0 unspecified atom stereocenters. The van der Waals surface area contributed by atoms with Crippen LogP contribution in [0.4, 0.5) is 4.39 Å². The number of hydrogen-bond acceptors (Lipinski definition) is 4. The lowest BCUT2D eigenvalue weighted by molar-refractivity contribution is 0.335. The highest BCUT2D eigenvalue weighted by Gasteiger charge is 2.16. The van der Waals surface area contributed by atoms with Crippen molar-refractivity contribution in [3.8, 4) is 28.3 Å². The first kappa shape index (κ1) is 29.0.